The van der Waals surface area contributed by atoms with Gasteiger partial charge in [-0.3, -0.25) is 0 Å². The lowest BCUT2D eigenvalue weighted by atomic mass is 10.1. The molecule has 0 aliphatic carbocycles. The Bertz CT molecular complexity index is 119. The van der Waals surface area contributed by atoms with Gasteiger partial charge in [0.2, 0.25) is 0 Å². The molecule has 0 bridgehead atoms. The number of hydrogen-bond donors (Lipinski definition) is 1. The summed E-state index contributed by atoms with van der Waals surface area (Å²) in [5.74, 6) is -0.367. The van der Waals surface area contributed by atoms with Crippen LogP contribution in [0.1, 0.15) is 26.7 Å². The van der Waals surface area contributed by atoms with Gasteiger partial charge in [0, 0.05) is 12.5 Å². The van der Waals surface area contributed by atoms with E-state index < -0.39 is 0 Å². The van der Waals surface area contributed by atoms with Crippen LogP contribution in [-0.2, 0) is 9.47 Å². The van der Waals surface area contributed by atoms with Crippen LogP contribution in [0.5, 0.6) is 0 Å². The molecule has 1 saturated heterocycles. The van der Waals surface area contributed by atoms with Crippen molar-refractivity contribution in [1.82, 2.24) is 0 Å². The Hall–Kier alpha value is -0.120. The maximum absolute atomic E-state index is 5.67. The Labute approximate surface area is 67.9 Å². The fourth-order valence-corrected chi connectivity index (χ4v) is 1.45. The highest BCUT2D eigenvalue weighted by Gasteiger charge is 2.35. The van der Waals surface area contributed by atoms with Gasteiger partial charge in [-0.2, -0.15) is 0 Å². The van der Waals surface area contributed by atoms with E-state index in [1.54, 1.807) is 0 Å². The second-order valence-electron chi connectivity index (χ2n) is 3.14. The molecule has 1 aliphatic heterocycles. The van der Waals surface area contributed by atoms with Gasteiger partial charge in [0.25, 0.3) is 0 Å². The molecular formula is C8H17NO2. The quantitative estimate of drug-likeness (QED) is 0.664. The van der Waals surface area contributed by atoms with E-state index in [2.05, 4.69) is 6.92 Å². The van der Waals surface area contributed by atoms with Crippen LogP contribution in [0.25, 0.3) is 0 Å². The molecule has 1 atom stereocenters. The van der Waals surface area contributed by atoms with Crippen LogP contribution in [0.4, 0.5) is 0 Å². The minimum absolute atomic E-state index is 0.146. The molecule has 11 heavy (non-hydrogen) atoms. The second kappa shape index (κ2) is 3.52. The molecule has 1 aliphatic rings. The molecule has 1 unspecified atom stereocenters. The van der Waals surface area contributed by atoms with Gasteiger partial charge in [-0.25, -0.2) is 0 Å². The van der Waals surface area contributed by atoms with Crippen molar-refractivity contribution in [3.63, 3.8) is 0 Å². The van der Waals surface area contributed by atoms with Crippen molar-refractivity contribution >= 4 is 0 Å². The van der Waals surface area contributed by atoms with Crippen molar-refractivity contribution in [2.75, 3.05) is 13.2 Å². The van der Waals surface area contributed by atoms with Crippen molar-refractivity contribution in [2.24, 2.45) is 5.73 Å². The van der Waals surface area contributed by atoms with E-state index in [9.17, 15) is 0 Å². The fraction of sp³-hybridized carbons (Fsp3) is 1.00. The summed E-state index contributed by atoms with van der Waals surface area (Å²) >= 11 is 0. The summed E-state index contributed by atoms with van der Waals surface area (Å²) in [6, 6.07) is 0.146. The summed E-state index contributed by atoms with van der Waals surface area (Å²) in [6.07, 6.45) is 1.68. The van der Waals surface area contributed by atoms with E-state index in [-0.39, 0.29) is 11.8 Å². The predicted octanol–water partition coefficient (Wildman–Crippen LogP) is 0.877. The van der Waals surface area contributed by atoms with E-state index >= 15 is 0 Å². The molecular weight excluding hydrogens is 142 g/mol. The first-order valence-corrected chi connectivity index (χ1v) is 4.22. The molecule has 1 rings (SSSR count). The number of ether oxygens (including phenoxy) is 2. The molecule has 0 radical (unpaired) electrons. The van der Waals surface area contributed by atoms with Gasteiger partial charge in [0.1, 0.15) is 0 Å². The topological polar surface area (TPSA) is 44.5 Å². The van der Waals surface area contributed by atoms with E-state index in [4.69, 9.17) is 15.2 Å². The molecule has 0 aromatic heterocycles. The Morgan fingerprint density at radius 2 is 2.00 bits per heavy atom. The van der Waals surface area contributed by atoms with E-state index in [1.165, 1.54) is 0 Å². The average Bonchev–Trinajstić information content (AvgIpc) is 2.36. The van der Waals surface area contributed by atoms with Crippen LogP contribution in [0.15, 0.2) is 0 Å². The first-order valence-electron chi connectivity index (χ1n) is 4.22. The zero-order valence-corrected chi connectivity index (χ0v) is 7.30. The molecule has 0 saturated carbocycles. The zero-order valence-electron chi connectivity index (χ0n) is 7.30. The van der Waals surface area contributed by atoms with Crippen molar-refractivity contribution in [1.29, 1.82) is 0 Å². The molecule has 1 fully saturated rings. The van der Waals surface area contributed by atoms with Crippen LogP contribution in [-0.4, -0.2) is 25.0 Å². The fourth-order valence-electron chi connectivity index (χ4n) is 1.45. The molecule has 2 N–H and O–H groups in total. The van der Waals surface area contributed by atoms with E-state index in [0.717, 1.165) is 12.8 Å². The molecule has 66 valence electrons. The largest absolute Gasteiger partial charge is 0.347 e. The minimum Gasteiger partial charge on any atom is -0.347 e. The van der Waals surface area contributed by atoms with Crippen molar-refractivity contribution in [3.05, 3.63) is 0 Å². The molecule has 3 heteroatoms. The molecule has 0 amide bonds. The summed E-state index contributed by atoms with van der Waals surface area (Å²) in [6.45, 7) is 5.46. The third-order valence-electron chi connectivity index (χ3n) is 1.99. The van der Waals surface area contributed by atoms with Gasteiger partial charge in [0.15, 0.2) is 5.79 Å². The highest BCUT2D eigenvalue weighted by Crippen LogP contribution is 2.27. The maximum Gasteiger partial charge on any atom is 0.169 e. The van der Waals surface area contributed by atoms with E-state index in [1.807, 2.05) is 6.92 Å². The highest BCUT2D eigenvalue weighted by atomic mass is 16.7. The normalized spacial score (nSPS) is 25.4. The first kappa shape index (κ1) is 8.97. The third-order valence-corrected chi connectivity index (χ3v) is 1.99. The summed E-state index contributed by atoms with van der Waals surface area (Å²) < 4.78 is 11.0. The van der Waals surface area contributed by atoms with Crippen LogP contribution in [0.3, 0.4) is 0 Å². The minimum atomic E-state index is -0.367. The average molecular weight is 159 g/mol. The van der Waals surface area contributed by atoms with Crippen LogP contribution in [0.2, 0.25) is 0 Å². The molecule has 0 spiro atoms. The molecule has 0 aromatic rings. The Morgan fingerprint density at radius 3 is 2.36 bits per heavy atom. The third kappa shape index (κ3) is 2.15. The van der Waals surface area contributed by atoms with E-state index in [0.29, 0.717) is 13.2 Å². The summed E-state index contributed by atoms with van der Waals surface area (Å²) in [5.41, 5.74) is 5.67. The second-order valence-corrected chi connectivity index (χ2v) is 3.14. The lowest BCUT2D eigenvalue weighted by Crippen LogP contribution is -2.36. The maximum atomic E-state index is 5.67. The molecule has 0 aromatic carbocycles. The summed E-state index contributed by atoms with van der Waals surface area (Å²) in [4.78, 5) is 0. The Kier molecular flexibility index (Phi) is 2.87. The lowest BCUT2D eigenvalue weighted by Gasteiger charge is -2.27. The highest BCUT2D eigenvalue weighted by molar-refractivity contribution is 4.76. The number of nitrogens with two attached hydrogens (primary N) is 1. The standard InChI is InChI=1S/C8H17NO2/c1-3-8(6-7(2)9)10-4-5-11-8/h7H,3-6,9H2,1-2H3. The van der Waals surface area contributed by atoms with Crippen molar-refractivity contribution in [3.8, 4) is 0 Å². The summed E-state index contributed by atoms with van der Waals surface area (Å²) in [5, 5.41) is 0. The van der Waals surface area contributed by atoms with Gasteiger partial charge in [-0.1, -0.05) is 6.92 Å². The predicted molar refractivity (Wildman–Crippen MR) is 43.2 cm³/mol. The Morgan fingerprint density at radius 1 is 1.45 bits per heavy atom. The van der Waals surface area contributed by atoms with Gasteiger partial charge >= 0.3 is 0 Å². The van der Waals surface area contributed by atoms with Crippen molar-refractivity contribution < 1.29 is 9.47 Å². The SMILES string of the molecule is CCC1(CC(C)N)OCCO1. The van der Waals surface area contributed by atoms with Gasteiger partial charge in [-0.05, 0) is 13.3 Å². The smallest absolute Gasteiger partial charge is 0.169 e. The van der Waals surface area contributed by atoms with Gasteiger partial charge in [0.05, 0.1) is 13.2 Å². The number of hydrogen-bond acceptors (Lipinski definition) is 3. The monoisotopic (exact) mass is 159 g/mol. The van der Waals surface area contributed by atoms with Crippen LogP contribution in [0, 0.1) is 0 Å². The van der Waals surface area contributed by atoms with Crippen LogP contribution < -0.4 is 5.73 Å². The first-order chi connectivity index (χ1) is 5.18. The summed E-state index contributed by atoms with van der Waals surface area (Å²) in [7, 11) is 0. The molecule has 3 nitrogen and oxygen atoms in total. The van der Waals surface area contributed by atoms with Gasteiger partial charge < -0.3 is 15.2 Å². The van der Waals surface area contributed by atoms with Gasteiger partial charge in [-0.15, -0.1) is 0 Å². The zero-order chi connectivity index (χ0) is 8.32. The van der Waals surface area contributed by atoms with Crippen LogP contribution >= 0.6 is 0 Å². The Balaban J connectivity index is 2.45. The van der Waals surface area contributed by atoms with Crippen molar-refractivity contribution in [2.45, 2.75) is 38.5 Å². The molecule has 1 heterocycles. The number of rotatable bonds is 3. The lowest BCUT2D eigenvalue weighted by molar-refractivity contribution is -0.165.